The van der Waals surface area contributed by atoms with Crippen LogP contribution in [0.1, 0.15) is 155 Å². The molecular formula is C65H67BN2O2. The second-order valence-corrected chi connectivity index (χ2v) is 25.9. The number of nitrogens with zero attached hydrogens (tertiary/aromatic N) is 2. The molecular weight excluding hydrogens is 852 g/mol. The lowest BCUT2D eigenvalue weighted by Gasteiger charge is -2.44. The molecule has 0 atom stereocenters. The van der Waals surface area contributed by atoms with Gasteiger partial charge in [-0.1, -0.05) is 189 Å². The third-order valence-corrected chi connectivity index (χ3v) is 16.0. The van der Waals surface area contributed by atoms with Crippen molar-refractivity contribution < 1.29 is 8.83 Å². The van der Waals surface area contributed by atoms with Crippen molar-refractivity contribution in [2.45, 2.75) is 136 Å². The van der Waals surface area contributed by atoms with Gasteiger partial charge >= 0.3 is 0 Å². The summed E-state index contributed by atoms with van der Waals surface area (Å²) < 4.78 is 15.4. The standard InChI is InChI=1S/C65H67BN2O2/c1-60(2,3)38-24-29-42(30-25-38)67-50-34-40(62(7,8)9)28-33-49(50)66-55-51(67)35-41(63(10,11)12)36-52(55)68(43-31-26-39(27-32-43)61(4,5)6)59-56(66)54-46-37-53(64(13,14)15)69-57(46)65(58(54)70-59)47-22-18-16-20-44(47)45-21-17-19-23-48(45)65/h16-37H,1-15H3. The molecule has 4 heterocycles. The fraction of sp³-hybridized carbons (Fsp3) is 0.323. The van der Waals surface area contributed by atoms with Crippen molar-refractivity contribution in [3.05, 3.63) is 184 Å². The molecule has 2 aliphatic carbocycles. The van der Waals surface area contributed by atoms with Crippen molar-refractivity contribution in [3.8, 4) is 22.3 Å². The Kier molecular flexibility index (Phi) is 9.16. The number of furan rings is 2. The topological polar surface area (TPSA) is 32.8 Å². The first kappa shape index (κ1) is 44.7. The minimum absolute atomic E-state index is 0.00933. The Morgan fingerprint density at radius 1 is 0.400 bits per heavy atom. The zero-order valence-corrected chi connectivity index (χ0v) is 44.0. The van der Waals surface area contributed by atoms with Crippen molar-refractivity contribution in [3.63, 3.8) is 0 Å². The fourth-order valence-electron chi connectivity index (χ4n) is 12.1. The summed E-state index contributed by atoms with van der Waals surface area (Å²) in [6.45, 7) is 34.4. The maximum atomic E-state index is 8.01. The first-order valence-electron chi connectivity index (χ1n) is 25.5. The molecule has 0 unspecified atom stereocenters. The van der Waals surface area contributed by atoms with Gasteiger partial charge in [-0.25, -0.2) is 0 Å². The van der Waals surface area contributed by atoms with Crippen LogP contribution in [0.5, 0.6) is 0 Å². The van der Waals surface area contributed by atoms with E-state index in [0.29, 0.717) is 0 Å². The van der Waals surface area contributed by atoms with E-state index >= 15 is 0 Å². The van der Waals surface area contributed by atoms with Crippen molar-refractivity contribution in [1.29, 1.82) is 0 Å². The van der Waals surface area contributed by atoms with E-state index in [1.54, 1.807) is 0 Å². The Morgan fingerprint density at radius 2 is 0.871 bits per heavy atom. The molecule has 0 N–H and O–H groups in total. The second-order valence-electron chi connectivity index (χ2n) is 25.9. The molecule has 1 spiro atoms. The minimum atomic E-state index is -0.805. The number of benzene rings is 6. The van der Waals surface area contributed by atoms with E-state index in [-0.39, 0.29) is 33.8 Å². The number of rotatable bonds is 2. The van der Waals surface area contributed by atoms with Crippen LogP contribution in [0, 0.1) is 0 Å². The van der Waals surface area contributed by atoms with E-state index in [1.807, 2.05) is 0 Å². The van der Waals surface area contributed by atoms with E-state index in [9.17, 15) is 0 Å². The summed E-state index contributed by atoms with van der Waals surface area (Å²) in [6.07, 6.45) is 0. The zero-order valence-electron chi connectivity index (χ0n) is 44.0. The summed E-state index contributed by atoms with van der Waals surface area (Å²) in [5.41, 5.74) is 20.6. The van der Waals surface area contributed by atoms with Gasteiger partial charge in [0.1, 0.15) is 22.7 Å². The highest BCUT2D eigenvalue weighted by molar-refractivity contribution is 7.01. The maximum absolute atomic E-state index is 8.01. The van der Waals surface area contributed by atoms with E-state index in [1.165, 1.54) is 72.3 Å². The van der Waals surface area contributed by atoms with Gasteiger partial charge in [0.05, 0.1) is 0 Å². The molecule has 6 aromatic carbocycles. The molecule has 0 radical (unpaired) electrons. The molecule has 352 valence electrons. The first-order valence-corrected chi connectivity index (χ1v) is 25.5. The second kappa shape index (κ2) is 14.3. The first-order chi connectivity index (χ1) is 32.9. The van der Waals surface area contributed by atoms with Crippen LogP contribution in [-0.4, -0.2) is 6.71 Å². The Balaban J connectivity index is 1.25. The Bertz CT molecular complexity index is 3410. The Labute approximate surface area is 416 Å². The molecule has 12 rings (SSSR count). The molecule has 70 heavy (non-hydrogen) atoms. The lowest BCUT2D eigenvalue weighted by Crippen LogP contribution is -2.61. The van der Waals surface area contributed by atoms with Crippen LogP contribution in [0.3, 0.4) is 0 Å². The number of anilines is 6. The molecule has 4 aliphatic rings. The van der Waals surface area contributed by atoms with Gasteiger partial charge < -0.3 is 13.7 Å². The average Bonchev–Trinajstić information content (AvgIpc) is 4.04. The third-order valence-electron chi connectivity index (χ3n) is 16.0. The summed E-state index contributed by atoms with van der Waals surface area (Å²) in [5.74, 6) is 3.76. The van der Waals surface area contributed by atoms with E-state index < -0.39 is 5.41 Å². The molecule has 0 amide bonds. The van der Waals surface area contributed by atoms with Gasteiger partial charge in [0, 0.05) is 50.4 Å². The van der Waals surface area contributed by atoms with Gasteiger partial charge in [0.15, 0.2) is 0 Å². The van der Waals surface area contributed by atoms with Gasteiger partial charge in [-0.15, -0.1) is 0 Å². The number of hydrogen-bond acceptors (Lipinski definition) is 4. The van der Waals surface area contributed by atoms with E-state index in [2.05, 4.69) is 247 Å². The molecule has 0 saturated carbocycles. The molecule has 2 aromatic heterocycles. The van der Waals surface area contributed by atoms with Crippen LogP contribution in [0.4, 0.5) is 34.3 Å². The van der Waals surface area contributed by atoms with E-state index in [4.69, 9.17) is 8.83 Å². The van der Waals surface area contributed by atoms with Gasteiger partial charge in [-0.2, -0.15) is 0 Å². The van der Waals surface area contributed by atoms with Crippen LogP contribution in [0.2, 0.25) is 0 Å². The fourth-order valence-corrected chi connectivity index (χ4v) is 12.1. The van der Waals surface area contributed by atoms with E-state index in [0.717, 1.165) is 51.4 Å². The molecule has 0 bridgehead atoms. The smallest absolute Gasteiger partial charge is 0.257 e. The van der Waals surface area contributed by atoms with Crippen molar-refractivity contribution in [2.24, 2.45) is 0 Å². The largest absolute Gasteiger partial charge is 0.463 e. The molecule has 0 fully saturated rings. The maximum Gasteiger partial charge on any atom is 0.257 e. The predicted molar refractivity (Wildman–Crippen MR) is 295 cm³/mol. The zero-order chi connectivity index (χ0) is 49.4. The molecule has 2 aliphatic heterocycles. The van der Waals surface area contributed by atoms with Crippen molar-refractivity contribution in [2.75, 3.05) is 9.80 Å². The summed E-state index contributed by atoms with van der Waals surface area (Å²) in [4.78, 5) is 5.06. The summed E-state index contributed by atoms with van der Waals surface area (Å²) in [6, 6.07) is 51.2. The molecule has 5 heteroatoms. The highest BCUT2D eigenvalue weighted by atomic mass is 16.4. The SMILES string of the molecule is CC(C)(C)c1ccc(N2c3cc(C(C)(C)C)ccc3B3c4c2cc(C(C)(C)C)cc4N(c2ccc(C(C)(C)C)cc2)c2oc4c(c23)-c2cc(C(C)(C)C)oc2C42c3ccccc3-c3ccccc32)cc1. The number of fused-ring (bicyclic) bond motifs is 15. The van der Waals surface area contributed by atoms with Gasteiger partial charge in [0.2, 0.25) is 5.88 Å². The van der Waals surface area contributed by atoms with Crippen LogP contribution >= 0.6 is 0 Å². The van der Waals surface area contributed by atoms with Crippen LogP contribution in [-0.2, 0) is 32.5 Å². The van der Waals surface area contributed by atoms with Crippen molar-refractivity contribution in [1.82, 2.24) is 0 Å². The molecule has 0 saturated heterocycles. The highest BCUT2D eigenvalue weighted by Gasteiger charge is 2.61. The quantitative estimate of drug-likeness (QED) is 0.162. The third kappa shape index (κ3) is 6.21. The molecule has 8 aromatic rings. The lowest BCUT2D eigenvalue weighted by atomic mass is 9.33. The monoisotopic (exact) mass is 919 g/mol. The average molecular weight is 919 g/mol. The number of hydrogen-bond donors (Lipinski definition) is 0. The summed E-state index contributed by atoms with van der Waals surface area (Å²) in [5, 5.41) is 0. The Morgan fingerprint density at radius 3 is 1.39 bits per heavy atom. The van der Waals surface area contributed by atoms with Crippen LogP contribution in [0.15, 0.2) is 142 Å². The van der Waals surface area contributed by atoms with Crippen LogP contribution < -0.4 is 26.2 Å². The van der Waals surface area contributed by atoms with Crippen LogP contribution in [0.25, 0.3) is 22.3 Å². The van der Waals surface area contributed by atoms with Crippen molar-refractivity contribution >= 4 is 57.4 Å². The van der Waals surface area contributed by atoms with Gasteiger partial charge in [-0.05, 0) is 126 Å². The van der Waals surface area contributed by atoms with Gasteiger partial charge in [-0.3, -0.25) is 4.90 Å². The lowest BCUT2D eigenvalue weighted by molar-refractivity contribution is 0.356. The predicted octanol–water partition coefficient (Wildman–Crippen LogP) is 15.8. The summed E-state index contributed by atoms with van der Waals surface area (Å²) in [7, 11) is 0. The van der Waals surface area contributed by atoms with Gasteiger partial charge in [0.25, 0.3) is 6.71 Å². The molecule has 4 nitrogen and oxygen atoms in total. The Hall–Kier alpha value is -6.46. The highest BCUT2D eigenvalue weighted by Crippen LogP contribution is 2.65. The normalized spacial score (nSPS) is 15.4. The summed E-state index contributed by atoms with van der Waals surface area (Å²) >= 11 is 0. The minimum Gasteiger partial charge on any atom is -0.463 e.